The van der Waals surface area contributed by atoms with Crippen LogP contribution in [-0.4, -0.2) is 18.5 Å². The van der Waals surface area contributed by atoms with Gasteiger partial charge >= 0.3 is 0 Å². The number of hydrogen-bond acceptors (Lipinski definition) is 3. The molecule has 1 amide bonds. The van der Waals surface area contributed by atoms with E-state index in [0.29, 0.717) is 18.9 Å². The molecule has 2 unspecified atom stereocenters. The zero-order valence-corrected chi connectivity index (χ0v) is 12.1. The second-order valence-corrected chi connectivity index (χ2v) is 6.01. The molecule has 0 fully saturated rings. The van der Waals surface area contributed by atoms with E-state index in [1.54, 1.807) is 11.3 Å². The first-order valence-corrected chi connectivity index (χ1v) is 7.51. The van der Waals surface area contributed by atoms with Crippen molar-refractivity contribution < 1.29 is 4.79 Å². The van der Waals surface area contributed by atoms with Crippen LogP contribution in [0.25, 0.3) is 0 Å². The van der Waals surface area contributed by atoms with E-state index in [9.17, 15) is 4.79 Å². The highest BCUT2D eigenvalue weighted by molar-refractivity contribution is 7.09. The summed E-state index contributed by atoms with van der Waals surface area (Å²) in [6.45, 7) is 4.91. The minimum Gasteiger partial charge on any atom is -0.353 e. The highest BCUT2D eigenvalue weighted by Crippen LogP contribution is 2.12. The molecule has 0 spiro atoms. The number of nitrogens with two attached hydrogens (primary N) is 1. The molecule has 0 saturated carbocycles. The van der Waals surface area contributed by atoms with Crippen molar-refractivity contribution in [2.24, 2.45) is 11.7 Å². The van der Waals surface area contributed by atoms with Crippen molar-refractivity contribution in [3.63, 3.8) is 0 Å². The number of hydrogen-bond donors (Lipinski definition) is 2. The van der Waals surface area contributed by atoms with Crippen LogP contribution in [0.3, 0.4) is 0 Å². The summed E-state index contributed by atoms with van der Waals surface area (Å²) in [5.74, 6) is 0.691. The third-order valence-electron chi connectivity index (χ3n) is 3.02. The SMILES string of the molecule is CC(CCN)CCC(=O)NC(C)Cc1cccs1. The highest BCUT2D eigenvalue weighted by Gasteiger charge is 2.10. The van der Waals surface area contributed by atoms with Crippen LogP contribution in [0.15, 0.2) is 17.5 Å². The zero-order valence-electron chi connectivity index (χ0n) is 11.3. The minimum absolute atomic E-state index is 0.155. The van der Waals surface area contributed by atoms with Crippen molar-refractivity contribution in [1.82, 2.24) is 5.32 Å². The number of rotatable bonds is 8. The third-order valence-corrected chi connectivity index (χ3v) is 3.92. The first kappa shape index (κ1) is 15.2. The number of carbonyl (C=O) groups is 1. The topological polar surface area (TPSA) is 55.1 Å². The molecule has 2 atom stereocenters. The molecule has 1 aromatic heterocycles. The molecule has 3 nitrogen and oxygen atoms in total. The van der Waals surface area contributed by atoms with Gasteiger partial charge in [-0.1, -0.05) is 13.0 Å². The van der Waals surface area contributed by atoms with Gasteiger partial charge in [-0.05, 0) is 43.7 Å². The maximum atomic E-state index is 11.8. The van der Waals surface area contributed by atoms with Gasteiger partial charge in [0.05, 0.1) is 0 Å². The fourth-order valence-corrected chi connectivity index (χ4v) is 2.77. The predicted octanol–water partition coefficient (Wildman–Crippen LogP) is 2.56. The summed E-state index contributed by atoms with van der Waals surface area (Å²) in [4.78, 5) is 13.1. The van der Waals surface area contributed by atoms with E-state index in [1.165, 1.54) is 4.88 Å². The molecule has 1 heterocycles. The maximum Gasteiger partial charge on any atom is 0.220 e. The quantitative estimate of drug-likeness (QED) is 0.761. The van der Waals surface area contributed by atoms with Gasteiger partial charge in [0.25, 0.3) is 0 Å². The van der Waals surface area contributed by atoms with Crippen molar-refractivity contribution in [2.75, 3.05) is 6.54 Å². The summed E-state index contributed by atoms with van der Waals surface area (Å²) in [6.07, 6.45) is 3.45. The van der Waals surface area contributed by atoms with Crippen LogP contribution in [0.5, 0.6) is 0 Å². The average molecular weight is 268 g/mol. The number of carbonyl (C=O) groups excluding carboxylic acids is 1. The lowest BCUT2D eigenvalue weighted by atomic mass is 10.0. The lowest BCUT2D eigenvalue weighted by Gasteiger charge is -2.14. The van der Waals surface area contributed by atoms with Crippen LogP contribution in [0.2, 0.25) is 0 Å². The molecule has 0 bridgehead atoms. The highest BCUT2D eigenvalue weighted by atomic mass is 32.1. The Kier molecular flexibility index (Phi) is 6.98. The Labute approximate surface area is 114 Å². The Bertz CT molecular complexity index is 338. The molecule has 0 saturated heterocycles. The van der Waals surface area contributed by atoms with E-state index in [4.69, 9.17) is 5.73 Å². The largest absolute Gasteiger partial charge is 0.353 e. The van der Waals surface area contributed by atoms with Gasteiger partial charge in [0.2, 0.25) is 5.91 Å². The monoisotopic (exact) mass is 268 g/mol. The first-order chi connectivity index (χ1) is 8.61. The fourth-order valence-electron chi connectivity index (χ4n) is 1.93. The van der Waals surface area contributed by atoms with E-state index in [-0.39, 0.29) is 11.9 Å². The molecule has 0 aliphatic carbocycles. The van der Waals surface area contributed by atoms with Gasteiger partial charge in [0, 0.05) is 23.8 Å². The van der Waals surface area contributed by atoms with Gasteiger partial charge in [0.1, 0.15) is 0 Å². The van der Waals surface area contributed by atoms with Crippen LogP contribution >= 0.6 is 11.3 Å². The summed E-state index contributed by atoms with van der Waals surface area (Å²) >= 11 is 1.74. The van der Waals surface area contributed by atoms with Gasteiger partial charge in [-0.15, -0.1) is 11.3 Å². The van der Waals surface area contributed by atoms with Gasteiger partial charge in [-0.25, -0.2) is 0 Å². The van der Waals surface area contributed by atoms with Crippen LogP contribution in [0.1, 0.15) is 38.0 Å². The van der Waals surface area contributed by atoms with Gasteiger partial charge in [-0.3, -0.25) is 4.79 Å². The van der Waals surface area contributed by atoms with Gasteiger partial charge in [0.15, 0.2) is 0 Å². The van der Waals surface area contributed by atoms with Crippen molar-refractivity contribution in [3.8, 4) is 0 Å². The third kappa shape index (κ3) is 6.17. The first-order valence-electron chi connectivity index (χ1n) is 6.63. The van der Waals surface area contributed by atoms with Crippen molar-refractivity contribution >= 4 is 17.2 Å². The Hall–Kier alpha value is -0.870. The van der Waals surface area contributed by atoms with Crippen LogP contribution in [0.4, 0.5) is 0 Å². The lowest BCUT2D eigenvalue weighted by Crippen LogP contribution is -2.34. The van der Waals surface area contributed by atoms with E-state index in [2.05, 4.69) is 30.6 Å². The Morgan fingerprint density at radius 2 is 2.22 bits per heavy atom. The summed E-state index contributed by atoms with van der Waals surface area (Å²) in [5.41, 5.74) is 5.49. The summed E-state index contributed by atoms with van der Waals surface area (Å²) < 4.78 is 0. The van der Waals surface area contributed by atoms with Crippen LogP contribution < -0.4 is 11.1 Å². The van der Waals surface area contributed by atoms with Gasteiger partial charge in [-0.2, -0.15) is 0 Å². The Balaban J connectivity index is 2.19. The standard InChI is InChI=1S/C14H24N2OS/c1-11(7-8-15)5-6-14(17)16-12(2)10-13-4-3-9-18-13/h3-4,9,11-12H,5-8,10,15H2,1-2H3,(H,16,17). The van der Waals surface area contributed by atoms with E-state index in [0.717, 1.165) is 19.3 Å². The van der Waals surface area contributed by atoms with Crippen LogP contribution in [0, 0.1) is 5.92 Å². The van der Waals surface area contributed by atoms with Crippen molar-refractivity contribution in [2.45, 2.75) is 45.6 Å². The molecule has 0 radical (unpaired) electrons. The molecule has 1 aromatic rings. The zero-order chi connectivity index (χ0) is 13.4. The van der Waals surface area contributed by atoms with E-state index < -0.39 is 0 Å². The molecule has 0 aliphatic rings. The predicted molar refractivity (Wildman–Crippen MR) is 77.7 cm³/mol. The molecular weight excluding hydrogens is 244 g/mol. The second-order valence-electron chi connectivity index (χ2n) is 4.97. The Morgan fingerprint density at radius 1 is 1.44 bits per heavy atom. The fraction of sp³-hybridized carbons (Fsp3) is 0.643. The van der Waals surface area contributed by atoms with Crippen molar-refractivity contribution in [1.29, 1.82) is 0 Å². The second kappa shape index (κ2) is 8.27. The minimum atomic E-state index is 0.155. The molecule has 102 valence electrons. The molecule has 3 N–H and O–H groups in total. The molecule has 18 heavy (non-hydrogen) atoms. The summed E-state index contributed by atoms with van der Waals surface area (Å²) in [7, 11) is 0. The number of amides is 1. The van der Waals surface area contributed by atoms with E-state index >= 15 is 0 Å². The molecule has 1 rings (SSSR count). The average Bonchev–Trinajstić information content (AvgIpc) is 2.79. The smallest absolute Gasteiger partial charge is 0.220 e. The molecule has 0 aromatic carbocycles. The maximum absolute atomic E-state index is 11.8. The lowest BCUT2D eigenvalue weighted by molar-refractivity contribution is -0.121. The van der Waals surface area contributed by atoms with Gasteiger partial charge < -0.3 is 11.1 Å². The molecule has 4 heteroatoms. The van der Waals surface area contributed by atoms with Crippen LogP contribution in [-0.2, 0) is 11.2 Å². The normalized spacial score (nSPS) is 14.2. The van der Waals surface area contributed by atoms with Crippen molar-refractivity contribution in [3.05, 3.63) is 22.4 Å². The molecule has 0 aliphatic heterocycles. The molecular formula is C14H24N2OS. The summed E-state index contributed by atoms with van der Waals surface area (Å²) in [5, 5.41) is 5.12. The Morgan fingerprint density at radius 3 is 2.83 bits per heavy atom. The van der Waals surface area contributed by atoms with E-state index in [1.807, 2.05) is 6.07 Å². The number of thiophene rings is 1. The summed E-state index contributed by atoms with van der Waals surface area (Å²) in [6, 6.07) is 4.36. The number of nitrogens with one attached hydrogen (secondary N) is 1.